The number of Topliss-reactive ketones (excluding diaryl/α,β-unsaturated/α-hetero) is 1. The van der Waals surface area contributed by atoms with Gasteiger partial charge in [0.1, 0.15) is 0 Å². The molecule has 6 nitrogen and oxygen atoms in total. The molecule has 1 heterocycles. The SMILES string of the molecule is C=C(NC(Cc1ccc(CC(=C)N2CCN(N)CC2)cc1)C(C)=O)[C@H](CC)N(CCC)SC.CC.CC. The highest BCUT2D eigenvalue weighted by atomic mass is 32.2. The zero-order chi connectivity index (χ0) is 28.4. The molecular formula is C30H55N5OS. The second kappa shape index (κ2) is 20.2. The van der Waals surface area contributed by atoms with Gasteiger partial charge in [-0.25, -0.2) is 9.31 Å². The summed E-state index contributed by atoms with van der Waals surface area (Å²) >= 11 is 1.74. The molecule has 0 amide bonds. The largest absolute Gasteiger partial charge is 0.378 e. The molecule has 0 saturated carbocycles. The summed E-state index contributed by atoms with van der Waals surface area (Å²) < 4.78 is 2.35. The van der Waals surface area contributed by atoms with Gasteiger partial charge in [0.15, 0.2) is 5.78 Å². The smallest absolute Gasteiger partial charge is 0.152 e. The lowest BCUT2D eigenvalue weighted by Crippen LogP contribution is -2.48. The molecule has 1 fully saturated rings. The van der Waals surface area contributed by atoms with Gasteiger partial charge in [0.2, 0.25) is 0 Å². The van der Waals surface area contributed by atoms with Gasteiger partial charge < -0.3 is 10.2 Å². The van der Waals surface area contributed by atoms with Crippen molar-refractivity contribution < 1.29 is 4.79 Å². The van der Waals surface area contributed by atoms with E-state index < -0.39 is 0 Å². The highest BCUT2D eigenvalue weighted by molar-refractivity contribution is 7.96. The predicted octanol–water partition coefficient (Wildman–Crippen LogP) is 5.66. The summed E-state index contributed by atoms with van der Waals surface area (Å²) in [5.41, 5.74) is 4.43. The molecule has 37 heavy (non-hydrogen) atoms. The summed E-state index contributed by atoms with van der Waals surface area (Å²) in [7, 11) is 0. The lowest BCUT2D eigenvalue weighted by molar-refractivity contribution is -0.118. The third kappa shape index (κ3) is 12.5. The molecule has 0 radical (unpaired) electrons. The van der Waals surface area contributed by atoms with Crippen molar-refractivity contribution in [1.29, 1.82) is 0 Å². The molecule has 1 aromatic rings. The second-order valence-electron chi connectivity index (χ2n) is 8.87. The van der Waals surface area contributed by atoms with Crippen LogP contribution >= 0.6 is 11.9 Å². The van der Waals surface area contributed by atoms with Crippen LogP contribution in [0.25, 0.3) is 0 Å². The third-order valence-electron chi connectivity index (χ3n) is 6.30. The van der Waals surface area contributed by atoms with Crippen LogP contribution in [-0.2, 0) is 17.6 Å². The molecule has 212 valence electrons. The Morgan fingerprint density at radius 2 is 1.59 bits per heavy atom. The summed E-state index contributed by atoms with van der Waals surface area (Å²) in [6.45, 7) is 27.2. The maximum Gasteiger partial charge on any atom is 0.152 e. The van der Waals surface area contributed by atoms with E-state index in [4.69, 9.17) is 5.84 Å². The number of hydrogen-bond acceptors (Lipinski definition) is 7. The number of carbonyl (C=O) groups excluding carboxylic acids is 1. The molecule has 1 aromatic carbocycles. The number of benzene rings is 1. The van der Waals surface area contributed by atoms with Crippen molar-refractivity contribution in [3.8, 4) is 0 Å². The molecule has 1 unspecified atom stereocenters. The highest BCUT2D eigenvalue weighted by Crippen LogP contribution is 2.20. The number of nitrogens with two attached hydrogens (primary N) is 1. The Hall–Kier alpha value is -1.80. The minimum atomic E-state index is -0.273. The van der Waals surface area contributed by atoms with Gasteiger partial charge in [0.05, 0.1) is 12.1 Å². The fourth-order valence-electron chi connectivity index (χ4n) is 4.25. The number of piperazine rings is 1. The van der Waals surface area contributed by atoms with Crippen LogP contribution in [0, 0.1) is 0 Å². The van der Waals surface area contributed by atoms with Crippen molar-refractivity contribution in [2.75, 3.05) is 39.0 Å². The summed E-state index contributed by atoms with van der Waals surface area (Å²) in [6, 6.07) is 8.49. The molecule has 1 aliphatic heterocycles. The van der Waals surface area contributed by atoms with Crippen molar-refractivity contribution >= 4 is 17.7 Å². The van der Waals surface area contributed by atoms with Gasteiger partial charge in [0.25, 0.3) is 0 Å². The third-order valence-corrected chi connectivity index (χ3v) is 7.20. The fourth-order valence-corrected chi connectivity index (χ4v) is 5.15. The van der Waals surface area contributed by atoms with Gasteiger partial charge in [-0.15, -0.1) is 0 Å². The summed E-state index contributed by atoms with van der Waals surface area (Å²) in [6.07, 6.45) is 5.62. The fraction of sp³-hybridized carbons (Fsp3) is 0.633. The molecule has 1 saturated heterocycles. The van der Waals surface area contributed by atoms with Gasteiger partial charge in [-0.05, 0) is 43.6 Å². The number of hydrazine groups is 1. The first-order chi connectivity index (χ1) is 17.8. The van der Waals surface area contributed by atoms with E-state index in [0.29, 0.717) is 6.42 Å². The van der Waals surface area contributed by atoms with Gasteiger partial charge in [-0.1, -0.05) is 90.9 Å². The monoisotopic (exact) mass is 533 g/mol. The first kappa shape index (κ1) is 35.2. The van der Waals surface area contributed by atoms with E-state index >= 15 is 0 Å². The molecule has 0 aromatic heterocycles. The van der Waals surface area contributed by atoms with E-state index in [9.17, 15) is 4.79 Å². The topological polar surface area (TPSA) is 64.8 Å². The number of nitrogens with one attached hydrogen (secondary N) is 1. The van der Waals surface area contributed by atoms with E-state index in [1.54, 1.807) is 18.9 Å². The molecule has 0 aliphatic carbocycles. The van der Waals surface area contributed by atoms with Crippen molar-refractivity contribution in [3.63, 3.8) is 0 Å². The van der Waals surface area contributed by atoms with Crippen LogP contribution in [0.4, 0.5) is 0 Å². The minimum absolute atomic E-state index is 0.133. The molecule has 0 bridgehead atoms. The molecular weight excluding hydrogens is 478 g/mol. The van der Waals surface area contributed by atoms with Crippen LogP contribution in [-0.4, -0.2) is 71.1 Å². The Morgan fingerprint density at radius 1 is 1.05 bits per heavy atom. The second-order valence-corrected chi connectivity index (χ2v) is 9.70. The van der Waals surface area contributed by atoms with Crippen molar-refractivity contribution in [2.45, 2.75) is 86.2 Å². The summed E-state index contributed by atoms with van der Waals surface area (Å²) in [5.74, 6) is 5.99. The normalized spacial score (nSPS) is 15.0. The number of allylic oxidation sites excluding steroid dienone is 1. The Balaban J connectivity index is 0.00000308. The van der Waals surface area contributed by atoms with Crippen molar-refractivity contribution in [1.82, 2.24) is 19.5 Å². The number of rotatable bonds is 14. The minimum Gasteiger partial charge on any atom is -0.378 e. The maximum atomic E-state index is 12.4. The average molecular weight is 534 g/mol. The number of carbonyl (C=O) groups is 1. The van der Waals surface area contributed by atoms with Gasteiger partial charge in [-0.3, -0.25) is 10.6 Å². The van der Waals surface area contributed by atoms with Crippen molar-refractivity contribution in [3.05, 3.63) is 59.9 Å². The first-order valence-corrected chi connectivity index (χ1v) is 15.2. The van der Waals surface area contributed by atoms with Crippen LogP contribution in [0.15, 0.2) is 48.8 Å². The van der Waals surface area contributed by atoms with Crippen LogP contribution in [0.5, 0.6) is 0 Å². The zero-order valence-electron chi connectivity index (χ0n) is 25.0. The molecule has 2 rings (SSSR count). The number of ketones is 1. The quantitative estimate of drug-likeness (QED) is 0.236. The molecule has 0 spiro atoms. The summed E-state index contributed by atoms with van der Waals surface area (Å²) in [4.78, 5) is 14.7. The van der Waals surface area contributed by atoms with Crippen LogP contribution in [0.2, 0.25) is 0 Å². The highest BCUT2D eigenvalue weighted by Gasteiger charge is 2.23. The average Bonchev–Trinajstić information content (AvgIpc) is 2.91. The van der Waals surface area contributed by atoms with E-state index in [1.165, 1.54) is 5.56 Å². The van der Waals surface area contributed by atoms with Crippen LogP contribution in [0.1, 0.15) is 72.4 Å². The van der Waals surface area contributed by atoms with Crippen LogP contribution < -0.4 is 11.2 Å². The Bertz CT molecular complexity index is 775. The molecule has 7 heteroatoms. The zero-order valence-corrected chi connectivity index (χ0v) is 25.8. The number of nitrogens with zero attached hydrogens (tertiary/aromatic N) is 3. The lowest BCUT2D eigenvalue weighted by Gasteiger charge is -2.34. The lowest BCUT2D eigenvalue weighted by atomic mass is 9.99. The predicted molar refractivity (Wildman–Crippen MR) is 164 cm³/mol. The molecule has 1 aliphatic rings. The maximum absolute atomic E-state index is 12.4. The van der Waals surface area contributed by atoms with E-state index in [2.05, 4.69) is 72.0 Å². The first-order valence-electron chi connectivity index (χ1n) is 14.1. The Kier molecular flexibility index (Phi) is 19.2. The van der Waals surface area contributed by atoms with Crippen LogP contribution in [0.3, 0.4) is 0 Å². The standard InChI is InChI=1S/C26H43N5OS.2C2H6/c1-7-13-31(33-6)26(8-2)21(4)28-25(22(5)32)19-24-11-9-23(10-12-24)18-20(3)29-14-16-30(27)17-15-29;2*1-2/h9-12,25-26,28H,3-4,7-8,13-19,27H2,1-2,5-6H3;2*1-2H3/t25?,26-;;/m0../s1. The van der Waals surface area contributed by atoms with Gasteiger partial charge >= 0.3 is 0 Å². The van der Waals surface area contributed by atoms with E-state index in [0.717, 1.165) is 68.9 Å². The van der Waals surface area contributed by atoms with Gasteiger partial charge in [-0.2, -0.15) is 0 Å². The molecule has 2 atom stereocenters. The van der Waals surface area contributed by atoms with E-state index in [1.807, 2.05) is 32.7 Å². The Labute approximate surface area is 232 Å². The van der Waals surface area contributed by atoms with E-state index in [-0.39, 0.29) is 17.9 Å². The summed E-state index contributed by atoms with van der Waals surface area (Å²) in [5, 5.41) is 5.31. The van der Waals surface area contributed by atoms with Crippen molar-refractivity contribution in [2.24, 2.45) is 5.84 Å². The van der Waals surface area contributed by atoms with Gasteiger partial charge in [0, 0.05) is 50.5 Å². The number of hydrogen-bond donors (Lipinski definition) is 2. The molecule has 3 N–H and O–H groups in total. The Morgan fingerprint density at radius 3 is 2.05 bits per heavy atom.